The zero-order valence-electron chi connectivity index (χ0n) is 12.8. The Morgan fingerprint density at radius 1 is 1.00 bits per heavy atom. The van der Waals surface area contributed by atoms with Crippen molar-refractivity contribution in [3.63, 3.8) is 0 Å². The number of aryl methyl sites for hydroxylation is 2. The van der Waals surface area contributed by atoms with E-state index in [1.807, 2.05) is 6.92 Å². The SMILES string of the molecule is Cc1ccc(C)c(C(C)(O)CCCC(C)(C)C)c1. The number of hydrogen-bond donors (Lipinski definition) is 1. The third kappa shape index (κ3) is 4.45. The van der Waals surface area contributed by atoms with Gasteiger partial charge >= 0.3 is 0 Å². The molecule has 0 aliphatic rings. The standard InChI is InChI=1S/C17H28O/c1-13-8-9-14(2)15(12-13)17(6,18)11-7-10-16(3,4)5/h8-9,12,18H,7,10-11H2,1-6H3. The van der Waals surface area contributed by atoms with Crippen LogP contribution in [0.2, 0.25) is 0 Å². The highest BCUT2D eigenvalue weighted by atomic mass is 16.3. The predicted octanol–water partition coefficient (Wildman–Crippen LogP) is 4.73. The second-order valence-electron chi connectivity index (χ2n) is 7.01. The Morgan fingerprint density at radius 3 is 2.17 bits per heavy atom. The van der Waals surface area contributed by atoms with Crippen molar-refractivity contribution >= 4 is 0 Å². The summed E-state index contributed by atoms with van der Waals surface area (Å²) in [4.78, 5) is 0. The number of hydrogen-bond acceptors (Lipinski definition) is 1. The maximum absolute atomic E-state index is 10.7. The lowest BCUT2D eigenvalue weighted by molar-refractivity contribution is 0.0418. The van der Waals surface area contributed by atoms with E-state index in [0.717, 1.165) is 24.8 Å². The number of aliphatic hydroxyl groups is 1. The minimum atomic E-state index is -0.707. The lowest BCUT2D eigenvalue weighted by Gasteiger charge is -2.28. The summed E-state index contributed by atoms with van der Waals surface area (Å²) in [6.07, 6.45) is 3.03. The van der Waals surface area contributed by atoms with E-state index in [-0.39, 0.29) is 0 Å². The Morgan fingerprint density at radius 2 is 1.61 bits per heavy atom. The van der Waals surface area contributed by atoms with Gasteiger partial charge in [-0.05, 0) is 56.6 Å². The largest absolute Gasteiger partial charge is 0.385 e. The first-order valence-electron chi connectivity index (χ1n) is 6.92. The maximum atomic E-state index is 10.7. The van der Waals surface area contributed by atoms with E-state index in [4.69, 9.17) is 0 Å². The summed E-state index contributed by atoms with van der Waals surface area (Å²) in [5.41, 5.74) is 3.11. The summed E-state index contributed by atoms with van der Waals surface area (Å²) in [6, 6.07) is 6.32. The van der Waals surface area contributed by atoms with Crippen LogP contribution in [0.4, 0.5) is 0 Å². The quantitative estimate of drug-likeness (QED) is 0.817. The van der Waals surface area contributed by atoms with E-state index in [0.29, 0.717) is 5.41 Å². The molecule has 0 heterocycles. The van der Waals surface area contributed by atoms with Crippen molar-refractivity contribution in [3.8, 4) is 0 Å². The van der Waals surface area contributed by atoms with E-state index in [1.165, 1.54) is 11.1 Å². The van der Waals surface area contributed by atoms with Crippen LogP contribution in [0.1, 0.15) is 63.6 Å². The zero-order chi connectivity index (χ0) is 14.0. The first-order chi connectivity index (χ1) is 8.12. The second kappa shape index (κ2) is 5.44. The van der Waals surface area contributed by atoms with Gasteiger partial charge in [0.1, 0.15) is 0 Å². The van der Waals surface area contributed by atoms with Crippen LogP contribution in [-0.2, 0) is 5.60 Å². The Bertz CT molecular complexity index is 397. The van der Waals surface area contributed by atoms with Crippen LogP contribution >= 0.6 is 0 Å². The minimum absolute atomic E-state index is 0.345. The number of rotatable bonds is 4. The molecule has 0 bridgehead atoms. The second-order valence-corrected chi connectivity index (χ2v) is 7.01. The van der Waals surface area contributed by atoms with Gasteiger partial charge in [-0.15, -0.1) is 0 Å². The van der Waals surface area contributed by atoms with Gasteiger partial charge in [0.15, 0.2) is 0 Å². The predicted molar refractivity (Wildman–Crippen MR) is 78.8 cm³/mol. The smallest absolute Gasteiger partial charge is 0.0871 e. The molecule has 1 nitrogen and oxygen atoms in total. The Labute approximate surface area is 112 Å². The van der Waals surface area contributed by atoms with Crippen molar-refractivity contribution in [2.75, 3.05) is 0 Å². The molecule has 102 valence electrons. The Kier molecular flexibility index (Phi) is 4.61. The molecule has 0 fully saturated rings. The summed E-state index contributed by atoms with van der Waals surface area (Å²) in [5.74, 6) is 0. The topological polar surface area (TPSA) is 20.2 Å². The normalized spacial score (nSPS) is 15.5. The first kappa shape index (κ1) is 15.2. The molecule has 0 saturated carbocycles. The summed E-state index contributed by atoms with van der Waals surface area (Å²) in [6.45, 7) is 12.8. The number of benzene rings is 1. The van der Waals surface area contributed by atoms with E-state index >= 15 is 0 Å². The van der Waals surface area contributed by atoms with Gasteiger partial charge in [0.2, 0.25) is 0 Å². The Hall–Kier alpha value is -0.820. The molecule has 1 N–H and O–H groups in total. The van der Waals surface area contributed by atoms with E-state index in [1.54, 1.807) is 0 Å². The first-order valence-corrected chi connectivity index (χ1v) is 6.92. The third-order valence-corrected chi connectivity index (χ3v) is 3.56. The van der Waals surface area contributed by atoms with Crippen molar-refractivity contribution in [3.05, 3.63) is 34.9 Å². The highest BCUT2D eigenvalue weighted by Gasteiger charge is 2.25. The summed E-state index contributed by atoms with van der Waals surface area (Å²) >= 11 is 0. The van der Waals surface area contributed by atoms with Gasteiger partial charge in [0.05, 0.1) is 5.60 Å². The average molecular weight is 248 g/mol. The van der Waals surface area contributed by atoms with Crippen LogP contribution in [0.3, 0.4) is 0 Å². The molecule has 1 atom stereocenters. The molecular weight excluding hydrogens is 220 g/mol. The fraction of sp³-hybridized carbons (Fsp3) is 0.647. The minimum Gasteiger partial charge on any atom is -0.385 e. The molecule has 0 aliphatic carbocycles. The molecule has 1 aromatic rings. The molecular formula is C17H28O. The third-order valence-electron chi connectivity index (χ3n) is 3.56. The molecule has 1 heteroatoms. The highest BCUT2D eigenvalue weighted by molar-refractivity contribution is 5.34. The molecule has 0 spiro atoms. The lowest BCUT2D eigenvalue weighted by Crippen LogP contribution is -2.23. The monoisotopic (exact) mass is 248 g/mol. The molecule has 0 aliphatic heterocycles. The van der Waals surface area contributed by atoms with Crippen molar-refractivity contribution in [1.82, 2.24) is 0 Å². The summed E-state index contributed by atoms with van der Waals surface area (Å²) in [7, 11) is 0. The molecule has 0 radical (unpaired) electrons. The van der Waals surface area contributed by atoms with E-state index in [9.17, 15) is 5.11 Å². The lowest BCUT2D eigenvalue weighted by atomic mass is 9.83. The molecule has 1 unspecified atom stereocenters. The Balaban J connectivity index is 2.76. The van der Waals surface area contributed by atoms with Gasteiger partial charge in [-0.25, -0.2) is 0 Å². The van der Waals surface area contributed by atoms with Gasteiger partial charge in [0.25, 0.3) is 0 Å². The molecule has 0 aromatic heterocycles. The molecule has 18 heavy (non-hydrogen) atoms. The fourth-order valence-electron chi connectivity index (χ4n) is 2.41. The summed E-state index contributed by atoms with van der Waals surface area (Å²) < 4.78 is 0. The fourth-order valence-corrected chi connectivity index (χ4v) is 2.41. The summed E-state index contributed by atoms with van der Waals surface area (Å²) in [5, 5.41) is 10.7. The van der Waals surface area contributed by atoms with Gasteiger partial charge in [-0.3, -0.25) is 0 Å². The van der Waals surface area contributed by atoms with Gasteiger partial charge < -0.3 is 5.11 Å². The van der Waals surface area contributed by atoms with Crippen LogP contribution in [0.5, 0.6) is 0 Å². The van der Waals surface area contributed by atoms with E-state index in [2.05, 4.69) is 52.8 Å². The van der Waals surface area contributed by atoms with Crippen molar-refractivity contribution in [2.24, 2.45) is 5.41 Å². The maximum Gasteiger partial charge on any atom is 0.0871 e. The van der Waals surface area contributed by atoms with Crippen molar-refractivity contribution in [1.29, 1.82) is 0 Å². The molecule has 0 saturated heterocycles. The van der Waals surface area contributed by atoms with Crippen LogP contribution in [0.25, 0.3) is 0 Å². The van der Waals surface area contributed by atoms with Crippen LogP contribution in [0, 0.1) is 19.3 Å². The molecule has 1 rings (SSSR count). The molecule has 0 amide bonds. The van der Waals surface area contributed by atoms with Gasteiger partial charge in [-0.1, -0.05) is 44.5 Å². The van der Waals surface area contributed by atoms with Crippen LogP contribution < -0.4 is 0 Å². The van der Waals surface area contributed by atoms with Crippen LogP contribution in [-0.4, -0.2) is 5.11 Å². The van der Waals surface area contributed by atoms with Gasteiger partial charge in [0, 0.05) is 0 Å². The van der Waals surface area contributed by atoms with Gasteiger partial charge in [-0.2, -0.15) is 0 Å². The van der Waals surface area contributed by atoms with Crippen LogP contribution in [0.15, 0.2) is 18.2 Å². The zero-order valence-corrected chi connectivity index (χ0v) is 12.8. The highest BCUT2D eigenvalue weighted by Crippen LogP contribution is 2.32. The van der Waals surface area contributed by atoms with E-state index < -0.39 is 5.60 Å². The average Bonchev–Trinajstić information content (AvgIpc) is 2.19. The van der Waals surface area contributed by atoms with Crippen molar-refractivity contribution in [2.45, 2.75) is 66.4 Å². The van der Waals surface area contributed by atoms with Crippen molar-refractivity contribution < 1.29 is 5.11 Å². The molecule has 1 aromatic carbocycles.